The van der Waals surface area contributed by atoms with Gasteiger partial charge in [-0.2, -0.15) is 0 Å². The molecule has 0 unspecified atom stereocenters. The third kappa shape index (κ3) is 4.93. The van der Waals surface area contributed by atoms with Crippen LogP contribution in [-0.4, -0.2) is 35.1 Å². The Bertz CT molecular complexity index is 792. The first kappa shape index (κ1) is 18.6. The van der Waals surface area contributed by atoms with Gasteiger partial charge >= 0.3 is 0 Å². The van der Waals surface area contributed by atoms with Crippen LogP contribution in [0.1, 0.15) is 23.2 Å². The molecule has 2 N–H and O–H groups in total. The number of carbonyl (C=O) groups is 1. The molecule has 2 aromatic carbocycles. The summed E-state index contributed by atoms with van der Waals surface area (Å²) in [6.45, 7) is 1.49. The molecule has 0 bridgehead atoms. The molecule has 0 aliphatic carbocycles. The van der Waals surface area contributed by atoms with Crippen LogP contribution < -0.4 is 10.6 Å². The molecule has 3 rings (SSSR count). The van der Waals surface area contributed by atoms with Gasteiger partial charge in [0.1, 0.15) is 5.82 Å². The lowest BCUT2D eigenvalue weighted by Gasteiger charge is -2.34. The van der Waals surface area contributed by atoms with E-state index in [1.54, 1.807) is 18.2 Å². The fraction of sp³-hybridized carbons (Fsp3) is 0.263. The third-order valence-corrected chi connectivity index (χ3v) is 4.91. The molecule has 1 amide bonds. The lowest BCUT2D eigenvalue weighted by atomic mass is 10.0. The number of piperidine rings is 1. The quantitative estimate of drug-likeness (QED) is 0.774. The van der Waals surface area contributed by atoms with E-state index in [2.05, 4.69) is 15.5 Å². The minimum Gasteiger partial charge on any atom is -0.349 e. The van der Waals surface area contributed by atoms with Crippen molar-refractivity contribution in [2.75, 3.05) is 18.4 Å². The lowest BCUT2D eigenvalue weighted by Crippen LogP contribution is -2.47. The predicted molar refractivity (Wildman–Crippen MR) is 106 cm³/mol. The summed E-state index contributed by atoms with van der Waals surface area (Å²) in [6.07, 6.45) is 1.56. The Labute approximate surface area is 162 Å². The van der Waals surface area contributed by atoms with Crippen molar-refractivity contribution >= 4 is 40.5 Å². The molecule has 4 nitrogen and oxygen atoms in total. The van der Waals surface area contributed by atoms with Crippen molar-refractivity contribution in [1.82, 2.24) is 10.2 Å². The molecule has 0 radical (unpaired) electrons. The first-order chi connectivity index (χ1) is 12.5. The molecule has 1 aliphatic rings. The van der Waals surface area contributed by atoms with Gasteiger partial charge in [0.15, 0.2) is 5.11 Å². The maximum absolute atomic E-state index is 13.2. The molecule has 1 heterocycles. The zero-order valence-electron chi connectivity index (χ0n) is 14.0. The van der Waals surface area contributed by atoms with Crippen LogP contribution in [0, 0.1) is 5.82 Å². The smallest absolute Gasteiger partial charge is 0.251 e. The molecule has 136 valence electrons. The number of benzene rings is 2. The SMILES string of the molecule is O=C(NC1CCN(C(=S)Nc2ccc(Cl)cc2)CC1)c1cccc(F)c1. The number of halogens is 2. The van der Waals surface area contributed by atoms with Gasteiger partial charge in [-0.05, 0) is 67.5 Å². The summed E-state index contributed by atoms with van der Waals surface area (Å²) in [6, 6.07) is 13.1. The summed E-state index contributed by atoms with van der Waals surface area (Å²) in [5, 5.41) is 7.50. The highest BCUT2D eigenvalue weighted by Crippen LogP contribution is 2.16. The summed E-state index contributed by atoms with van der Waals surface area (Å²) < 4.78 is 13.2. The number of hydrogen-bond donors (Lipinski definition) is 2. The molecule has 1 fully saturated rings. The maximum atomic E-state index is 13.2. The van der Waals surface area contributed by atoms with Crippen molar-refractivity contribution < 1.29 is 9.18 Å². The number of carbonyl (C=O) groups excluding carboxylic acids is 1. The minimum absolute atomic E-state index is 0.0559. The van der Waals surface area contributed by atoms with E-state index in [0.717, 1.165) is 31.6 Å². The van der Waals surface area contributed by atoms with E-state index in [1.807, 2.05) is 12.1 Å². The number of nitrogens with zero attached hydrogens (tertiary/aromatic N) is 1. The average Bonchev–Trinajstić information content (AvgIpc) is 2.64. The number of anilines is 1. The lowest BCUT2D eigenvalue weighted by molar-refractivity contribution is 0.0922. The molecule has 7 heteroatoms. The second-order valence-corrected chi connectivity index (χ2v) is 7.01. The second kappa shape index (κ2) is 8.47. The van der Waals surface area contributed by atoms with Crippen LogP contribution in [0.3, 0.4) is 0 Å². The number of likely N-dealkylation sites (tertiary alicyclic amines) is 1. The Morgan fingerprint density at radius 1 is 1.15 bits per heavy atom. The topological polar surface area (TPSA) is 44.4 Å². The van der Waals surface area contributed by atoms with Gasteiger partial charge in [0.2, 0.25) is 0 Å². The number of rotatable bonds is 3. The molecule has 26 heavy (non-hydrogen) atoms. The molecule has 0 atom stereocenters. The van der Waals surface area contributed by atoms with Crippen LogP contribution in [0.25, 0.3) is 0 Å². The van der Waals surface area contributed by atoms with Crippen molar-refractivity contribution in [3.63, 3.8) is 0 Å². The van der Waals surface area contributed by atoms with E-state index >= 15 is 0 Å². The van der Waals surface area contributed by atoms with Gasteiger partial charge in [0.25, 0.3) is 5.91 Å². The minimum atomic E-state index is -0.411. The first-order valence-corrected chi connectivity index (χ1v) is 9.18. The van der Waals surface area contributed by atoms with Gasteiger partial charge in [0, 0.05) is 35.4 Å². The molecule has 1 aliphatic heterocycles. The number of thiocarbonyl (C=S) groups is 1. The van der Waals surface area contributed by atoms with E-state index in [9.17, 15) is 9.18 Å². The fourth-order valence-electron chi connectivity index (χ4n) is 2.86. The van der Waals surface area contributed by atoms with E-state index in [4.69, 9.17) is 23.8 Å². The molecular weight excluding hydrogens is 373 g/mol. The third-order valence-electron chi connectivity index (χ3n) is 4.30. The average molecular weight is 392 g/mol. The summed E-state index contributed by atoms with van der Waals surface area (Å²) in [7, 11) is 0. The summed E-state index contributed by atoms with van der Waals surface area (Å²) in [5.74, 6) is -0.657. The standard InChI is InChI=1S/C19H19ClFN3OS/c20-14-4-6-16(7-5-14)23-19(26)24-10-8-17(9-11-24)22-18(25)13-2-1-3-15(21)12-13/h1-7,12,17H,8-11H2,(H,22,25)(H,23,26). The van der Waals surface area contributed by atoms with E-state index in [-0.39, 0.29) is 11.9 Å². The molecule has 2 aromatic rings. The normalized spacial score (nSPS) is 14.8. The highest BCUT2D eigenvalue weighted by Gasteiger charge is 2.22. The maximum Gasteiger partial charge on any atom is 0.251 e. The Hall–Kier alpha value is -2.18. The molecule has 0 spiro atoms. The zero-order chi connectivity index (χ0) is 18.5. The zero-order valence-corrected chi connectivity index (χ0v) is 15.6. The summed E-state index contributed by atoms with van der Waals surface area (Å²) in [4.78, 5) is 14.3. The van der Waals surface area contributed by atoms with Gasteiger partial charge in [-0.3, -0.25) is 4.79 Å². The highest BCUT2D eigenvalue weighted by molar-refractivity contribution is 7.80. The molecular formula is C19H19ClFN3OS. The van der Waals surface area contributed by atoms with Gasteiger partial charge < -0.3 is 15.5 Å². The van der Waals surface area contributed by atoms with Crippen molar-refractivity contribution in [2.24, 2.45) is 0 Å². The fourth-order valence-corrected chi connectivity index (χ4v) is 3.29. The monoisotopic (exact) mass is 391 g/mol. The largest absolute Gasteiger partial charge is 0.349 e. The van der Waals surface area contributed by atoms with E-state index in [0.29, 0.717) is 15.7 Å². The highest BCUT2D eigenvalue weighted by atomic mass is 35.5. The van der Waals surface area contributed by atoms with Crippen LogP contribution in [0.4, 0.5) is 10.1 Å². The van der Waals surface area contributed by atoms with Crippen LogP contribution in [0.15, 0.2) is 48.5 Å². The van der Waals surface area contributed by atoms with Gasteiger partial charge in [0.05, 0.1) is 0 Å². The van der Waals surface area contributed by atoms with Crippen LogP contribution >= 0.6 is 23.8 Å². The number of nitrogens with one attached hydrogen (secondary N) is 2. The summed E-state index contributed by atoms with van der Waals surface area (Å²) >= 11 is 11.3. The second-order valence-electron chi connectivity index (χ2n) is 6.18. The van der Waals surface area contributed by atoms with Crippen molar-refractivity contribution in [3.05, 3.63) is 64.9 Å². The Morgan fingerprint density at radius 3 is 2.50 bits per heavy atom. The summed E-state index contributed by atoms with van der Waals surface area (Å²) in [5.41, 5.74) is 1.23. The molecule has 0 aromatic heterocycles. The molecule has 0 saturated carbocycles. The van der Waals surface area contributed by atoms with Crippen LogP contribution in [0.2, 0.25) is 5.02 Å². The van der Waals surface area contributed by atoms with Crippen molar-refractivity contribution in [3.8, 4) is 0 Å². The van der Waals surface area contributed by atoms with Gasteiger partial charge in [-0.1, -0.05) is 17.7 Å². The van der Waals surface area contributed by atoms with Crippen molar-refractivity contribution in [1.29, 1.82) is 0 Å². The number of amides is 1. The van der Waals surface area contributed by atoms with Crippen LogP contribution in [0.5, 0.6) is 0 Å². The Balaban J connectivity index is 1.48. The van der Waals surface area contributed by atoms with E-state index in [1.165, 1.54) is 18.2 Å². The Kier molecular flexibility index (Phi) is 6.06. The predicted octanol–water partition coefficient (Wildman–Crippen LogP) is 4.07. The number of hydrogen-bond acceptors (Lipinski definition) is 2. The van der Waals surface area contributed by atoms with Gasteiger partial charge in [-0.15, -0.1) is 0 Å². The molecule has 1 saturated heterocycles. The van der Waals surface area contributed by atoms with E-state index < -0.39 is 5.82 Å². The van der Waals surface area contributed by atoms with Crippen LogP contribution in [-0.2, 0) is 0 Å². The van der Waals surface area contributed by atoms with Gasteiger partial charge in [-0.25, -0.2) is 4.39 Å². The van der Waals surface area contributed by atoms with Crippen molar-refractivity contribution in [2.45, 2.75) is 18.9 Å². The first-order valence-electron chi connectivity index (χ1n) is 8.39. The Morgan fingerprint density at radius 2 is 1.85 bits per heavy atom.